The number of aliphatic hydroxyl groups is 1. The Morgan fingerprint density at radius 2 is 2.31 bits per heavy atom. The van der Waals surface area contributed by atoms with Crippen molar-refractivity contribution < 1.29 is 14.6 Å². The average Bonchev–Trinajstić information content (AvgIpc) is 2.19. The summed E-state index contributed by atoms with van der Waals surface area (Å²) in [5.74, 6) is 0.474. The van der Waals surface area contributed by atoms with Gasteiger partial charge in [0.05, 0.1) is 13.2 Å². The molecule has 0 saturated heterocycles. The highest BCUT2D eigenvalue weighted by Crippen LogP contribution is 2.13. The van der Waals surface area contributed by atoms with Crippen molar-refractivity contribution in [1.29, 1.82) is 0 Å². The largest absolute Gasteiger partial charge is 0.475 e. The first kappa shape index (κ1) is 9.95. The summed E-state index contributed by atoms with van der Waals surface area (Å²) in [7, 11) is 1.61. The Kier molecular flexibility index (Phi) is 4.21. The van der Waals surface area contributed by atoms with E-state index in [1.54, 1.807) is 25.4 Å². The molecular formula is C9H13NO3. The molecule has 1 aromatic rings. The van der Waals surface area contributed by atoms with Gasteiger partial charge in [0.2, 0.25) is 5.88 Å². The Morgan fingerprint density at radius 1 is 1.46 bits per heavy atom. The van der Waals surface area contributed by atoms with Crippen LogP contribution in [0, 0.1) is 0 Å². The van der Waals surface area contributed by atoms with E-state index in [4.69, 9.17) is 14.6 Å². The molecule has 0 saturated carbocycles. The van der Waals surface area contributed by atoms with Gasteiger partial charge in [0, 0.05) is 18.9 Å². The Morgan fingerprint density at radius 3 is 3.00 bits per heavy atom. The van der Waals surface area contributed by atoms with Crippen molar-refractivity contribution in [2.24, 2.45) is 0 Å². The van der Waals surface area contributed by atoms with Crippen LogP contribution in [0.2, 0.25) is 0 Å². The number of ether oxygens (including phenoxy) is 2. The monoisotopic (exact) mass is 183 g/mol. The third kappa shape index (κ3) is 3.01. The van der Waals surface area contributed by atoms with E-state index in [0.717, 1.165) is 0 Å². The number of nitrogens with zero attached hydrogens (tertiary/aromatic N) is 1. The summed E-state index contributed by atoms with van der Waals surface area (Å²) in [6.45, 7) is 0.901. The average molecular weight is 183 g/mol. The molecule has 0 aliphatic heterocycles. The molecule has 1 aromatic heterocycles. The number of hydrogen-bond acceptors (Lipinski definition) is 4. The fraction of sp³-hybridized carbons (Fsp3) is 0.444. The summed E-state index contributed by atoms with van der Waals surface area (Å²) in [6.07, 6.45) is 1.63. The van der Waals surface area contributed by atoms with Gasteiger partial charge in [-0.3, -0.25) is 0 Å². The van der Waals surface area contributed by atoms with E-state index < -0.39 is 0 Å². The van der Waals surface area contributed by atoms with Crippen molar-refractivity contribution in [3.05, 3.63) is 23.9 Å². The molecule has 1 N–H and O–H groups in total. The highest BCUT2D eigenvalue weighted by Gasteiger charge is 2.01. The summed E-state index contributed by atoms with van der Waals surface area (Å²) in [5, 5.41) is 8.92. The van der Waals surface area contributed by atoms with Gasteiger partial charge < -0.3 is 14.6 Å². The summed E-state index contributed by atoms with van der Waals surface area (Å²) in [6, 6.07) is 3.53. The van der Waals surface area contributed by atoms with Crippen LogP contribution in [0.1, 0.15) is 5.56 Å². The zero-order valence-electron chi connectivity index (χ0n) is 7.56. The molecule has 0 radical (unpaired) electrons. The lowest BCUT2D eigenvalue weighted by Crippen LogP contribution is -2.07. The number of aliphatic hydroxyl groups excluding tert-OH is 1. The van der Waals surface area contributed by atoms with Crippen LogP contribution in [0.3, 0.4) is 0 Å². The predicted octanol–water partition coefficient (Wildman–Crippen LogP) is 0.599. The van der Waals surface area contributed by atoms with E-state index in [1.165, 1.54) is 0 Å². The van der Waals surface area contributed by atoms with Crippen LogP contribution in [0.4, 0.5) is 0 Å². The molecule has 0 atom stereocenters. The Balaban J connectivity index is 2.54. The lowest BCUT2D eigenvalue weighted by Gasteiger charge is -2.07. The summed E-state index contributed by atoms with van der Waals surface area (Å²) in [4.78, 5) is 3.98. The predicted molar refractivity (Wildman–Crippen MR) is 47.5 cm³/mol. The number of pyridine rings is 1. The van der Waals surface area contributed by atoms with Gasteiger partial charge in [-0.05, 0) is 12.1 Å². The van der Waals surface area contributed by atoms with Gasteiger partial charge in [-0.2, -0.15) is 0 Å². The van der Waals surface area contributed by atoms with Gasteiger partial charge in [-0.15, -0.1) is 0 Å². The van der Waals surface area contributed by atoms with Crippen LogP contribution in [-0.4, -0.2) is 30.4 Å². The van der Waals surface area contributed by atoms with Crippen molar-refractivity contribution in [3.8, 4) is 5.88 Å². The van der Waals surface area contributed by atoms with Crippen molar-refractivity contribution in [2.45, 2.75) is 6.61 Å². The van der Waals surface area contributed by atoms with Crippen molar-refractivity contribution in [2.75, 3.05) is 20.3 Å². The third-order valence-corrected chi connectivity index (χ3v) is 1.55. The Labute approximate surface area is 77.1 Å². The second-order valence-corrected chi connectivity index (χ2v) is 2.47. The van der Waals surface area contributed by atoms with Crippen molar-refractivity contribution in [1.82, 2.24) is 4.98 Å². The summed E-state index contributed by atoms with van der Waals surface area (Å²) >= 11 is 0. The molecule has 0 fully saturated rings. The normalized spacial score (nSPS) is 10.0. The van der Waals surface area contributed by atoms with Gasteiger partial charge in [-0.25, -0.2) is 4.98 Å². The molecule has 0 spiro atoms. The molecule has 1 heterocycles. The zero-order valence-corrected chi connectivity index (χ0v) is 7.56. The minimum atomic E-state index is -0.0594. The Hall–Kier alpha value is -1.13. The maximum atomic E-state index is 8.92. The minimum Gasteiger partial charge on any atom is -0.475 e. The van der Waals surface area contributed by atoms with Crippen LogP contribution in [0.25, 0.3) is 0 Å². The lowest BCUT2D eigenvalue weighted by molar-refractivity contribution is 0.141. The molecule has 0 aromatic carbocycles. The summed E-state index contributed by atoms with van der Waals surface area (Å²) in [5.41, 5.74) is 0.693. The molecule has 4 nitrogen and oxygen atoms in total. The van der Waals surface area contributed by atoms with Crippen LogP contribution in [0.15, 0.2) is 18.3 Å². The molecule has 13 heavy (non-hydrogen) atoms. The first-order chi connectivity index (χ1) is 6.38. The smallest absolute Gasteiger partial charge is 0.218 e. The van der Waals surface area contributed by atoms with Gasteiger partial charge in [0.15, 0.2) is 0 Å². The van der Waals surface area contributed by atoms with Crippen LogP contribution < -0.4 is 4.74 Å². The van der Waals surface area contributed by atoms with Gasteiger partial charge in [0.25, 0.3) is 0 Å². The van der Waals surface area contributed by atoms with Crippen LogP contribution in [0.5, 0.6) is 5.88 Å². The van der Waals surface area contributed by atoms with E-state index in [9.17, 15) is 0 Å². The van der Waals surface area contributed by atoms with Crippen molar-refractivity contribution >= 4 is 0 Å². The second kappa shape index (κ2) is 5.50. The zero-order chi connectivity index (χ0) is 9.52. The van der Waals surface area contributed by atoms with Crippen LogP contribution in [-0.2, 0) is 11.3 Å². The summed E-state index contributed by atoms with van der Waals surface area (Å²) < 4.78 is 10.1. The van der Waals surface area contributed by atoms with Gasteiger partial charge in [-0.1, -0.05) is 0 Å². The molecule has 0 aliphatic carbocycles. The lowest BCUT2D eigenvalue weighted by atomic mass is 10.3. The first-order valence-corrected chi connectivity index (χ1v) is 4.05. The number of methoxy groups -OCH3 is 1. The standard InChI is InChI=1S/C9H13NO3/c1-12-5-6-13-9-8(7-11)3-2-4-10-9/h2-4,11H,5-7H2,1H3. The van der Waals surface area contributed by atoms with E-state index >= 15 is 0 Å². The molecule has 0 amide bonds. The fourth-order valence-electron chi connectivity index (χ4n) is 0.896. The number of rotatable bonds is 5. The fourth-order valence-corrected chi connectivity index (χ4v) is 0.896. The molecule has 0 bridgehead atoms. The maximum Gasteiger partial charge on any atom is 0.218 e. The van der Waals surface area contributed by atoms with E-state index in [-0.39, 0.29) is 6.61 Å². The highest BCUT2D eigenvalue weighted by atomic mass is 16.5. The van der Waals surface area contributed by atoms with Crippen molar-refractivity contribution in [3.63, 3.8) is 0 Å². The molecule has 1 rings (SSSR count). The highest BCUT2D eigenvalue weighted by molar-refractivity contribution is 5.24. The third-order valence-electron chi connectivity index (χ3n) is 1.55. The van der Waals surface area contributed by atoms with Gasteiger partial charge >= 0.3 is 0 Å². The van der Waals surface area contributed by atoms with E-state index in [0.29, 0.717) is 24.7 Å². The molecule has 72 valence electrons. The first-order valence-electron chi connectivity index (χ1n) is 4.05. The van der Waals surface area contributed by atoms with Crippen LogP contribution >= 0.6 is 0 Å². The molecule has 0 aliphatic rings. The second-order valence-electron chi connectivity index (χ2n) is 2.47. The number of aromatic nitrogens is 1. The maximum absolute atomic E-state index is 8.92. The SMILES string of the molecule is COCCOc1ncccc1CO. The number of hydrogen-bond donors (Lipinski definition) is 1. The van der Waals surface area contributed by atoms with E-state index in [1.807, 2.05) is 0 Å². The molecular weight excluding hydrogens is 170 g/mol. The molecule has 4 heteroatoms. The quantitative estimate of drug-likeness (QED) is 0.679. The topological polar surface area (TPSA) is 51.6 Å². The Bertz CT molecular complexity index is 252. The minimum absolute atomic E-state index is 0.0594. The van der Waals surface area contributed by atoms with E-state index in [2.05, 4.69) is 4.98 Å². The molecule has 0 unspecified atom stereocenters. The van der Waals surface area contributed by atoms with Gasteiger partial charge in [0.1, 0.15) is 6.61 Å².